The molecule has 1 aromatic rings. The number of rotatable bonds is 2. The van der Waals surface area contributed by atoms with Gasteiger partial charge in [-0.1, -0.05) is 12.1 Å². The highest BCUT2D eigenvalue weighted by atomic mass is 79.9. The zero-order valence-corrected chi connectivity index (χ0v) is 13.2. The Morgan fingerprint density at radius 3 is 2.67 bits per heavy atom. The Bertz CT molecular complexity index is 510. The molecule has 1 atom stereocenters. The lowest BCUT2D eigenvalue weighted by Gasteiger charge is -2.31. The molecule has 0 bridgehead atoms. The molecule has 0 saturated carbocycles. The minimum atomic E-state index is -3.38. The molecule has 0 aliphatic carbocycles. The van der Waals surface area contributed by atoms with Gasteiger partial charge in [0.05, 0.1) is 4.90 Å². The predicted molar refractivity (Wildman–Crippen MR) is 77.6 cm³/mol. The molecule has 0 aromatic heterocycles. The lowest BCUT2D eigenvalue weighted by atomic mass is 10.3. The van der Waals surface area contributed by atoms with Gasteiger partial charge in [-0.15, -0.1) is 12.4 Å². The fourth-order valence-corrected chi connectivity index (χ4v) is 4.40. The summed E-state index contributed by atoms with van der Waals surface area (Å²) in [6.45, 7) is 3.73. The highest BCUT2D eigenvalue weighted by Crippen LogP contribution is 2.25. The van der Waals surface area contributed by atoms with E-state index in [1.54, 1.807) is 18.2 Å². The standard InChI is InChI=1S/C11H15BrN2O2S.ClH/c1-9-8-14(7-6-13-9)17(15,16)11-5-3-2-4-10(11)12;/h2-5,9,13H,6-8H2,1H3;1H/t9-;/m0./s1. The fraction of sp³-hybridized carbons (Fsp3) is 0.455. The van der Waals surface area contributed by atoms with E-state index in [1.165, 1.54) is 4.31 Å². The van der Waals surface area contributed by atoms with Crippen LogP contribution in [0.4, 0.5) is 0 Å². The molecule has 0 radical (unpaired) electrons. The second-order valence-electron chi connectivity index (χ2n) is 4.15. The number of hydrogen-bond donors (Lipinski definition) is 1. The van der Waals surface area contributed by atoms with Gasteiger partial charge in [0.2, 0.25) is 10.0 Å². The van der Waals surface area contributed by atoms with Gasteiger partial charge in [0.1, 0.15) is 0 Å². The van der Waals surface area contributed by atoms with Gasteiger partial charge in [-0.3, -0.25) is 0 Å². The molecule has 1 saturated heterocycles. The van der Waals surface area contributed by atoms with Crippen LogP contribution < -0.4 is 5.32 Å². The summed E-state index contributed by atoms with van der Waals surface area (Å²) in [5, 5.41) is 3.23. The van der Waals surface area contributed by atoms with Crippen LogP contribution in [0.3, 0.4) is 0 Å². The summed E-state index contributed by atoms with van der Waals surface area (Å²) < 4.78 is 27.0. The quantitative estimate of drug-likeness (QED) is 0.881. The Kier molecular flexibility index (Phi) is 5.61. The van der Waals surface area contributed by atoms with Gasteiger partial charge in [-0.25, -0.2) is 8.42 Å². The first-order valence-corrected chi connectivity index (χ1v) is 7.73. The highest BCUT2D eigenvalue weighted by Gasteiger charge is 2.29. The van der Waals surface area contributed by atoms with E-state index in [4.69, 9.17) is 0 Å². The van der Waals surface area contributed by atoms with Gasteiger partial charge in [0.25, 0.3) is 0 Å². The van der Waals surface area contributed by atoms with E-state index in [9.17, 15) is 8.42 Å². The second kappa shape index (κ2) is 6.34. The van der Waals surface area contributed by atoms with Crippen molar-refractivity contribution in [2.24, 2.45) is 0 Å². The molecule has 0 spiro atoms. The third-order valence-electron chi connectivity index (χ3n) is 2.79. The molecule has 1 heterocycles. The Hall–Kier alpha value is -0.140. The maximum absolute atomic E-state index is 12.4. The first kappa shape index (κ1) is 15.9. The van der Waals surface area contributed by atoms with E-state index in [0.717, 1.165) is 0 Å². The molecule has 2 rings (SSSR count). The van der Waals surface area contributed by atoms with Crippen LogP contribution in [0.15, 0.2) is 33.6 Å². The first-order chi connectivity index (χ1) is 8.01. The average Bonchev–Trinajstić information content (AvgIpc) is 2.29. The third-order valence-corrected chi connectivity index (χ3v) is 5.66. The van der Waals surface area contributed by atoms with Gasteiger partial charge < -0.3 is 5.32 Å². The summed E-state index contributed by atoms with van der Waals surface area (Å²) in [5.41, 5.74) is 0. The van der Waals surface area contributed by atoms with E-state index < -0.39 is 10.0 Å². The van der Waals surface area contributed by atoms with Crippen molar-refractivity contribution in [1.82, 2.24) is 9.62 Å². The predicted octanol–water partition coefficient (Wildman–Crippen LogP) is 1.85. The Morgan fingerprint density at radius 1 is 1.39 bits per heavy atom. The molecule has 1 N–H and O–H groups in total. The smallest absolute Gasteiger partial charge is 0.244 e. The monoisotopic (exact) mass is 354 g/mol. The van der Waals surface area contributed by atoms with Crippen LogP contribution in [0.1, 0.15) is 6.92 Å². The van der Waals surface area contributed by atoms with Crippen molar-refractivity contribution in [3.05, 3.63) is 28.7 Å². The normalized spacial score (nSPS) is 21.3. The van der Waals surface area contributed by atoms with Crippen LogP contribution in [0.25, 0.3) is 0 Å². The maximum atomic E-state index is 12.4. The maximum Gasteiger partial charge on any atom is 0.244 e. The fourth-order valence-electron chi connectivity index (χ4n) is 1.91. The summed E-state index contributed by atoms with van der Waals surface area (Å²) in [7, 11) is -3.38. The Morgan fingerprint density at radius 2 is 2.06 bits per heavy atom. The van der Waals surface area contributed by atoms with E-state index >= 15 is 0 Å². The van der Waals surface area contributed by atoms with E-state index in [0.29, 0.717) is 29.0 Å². The summed E-state index contributed by atoms with van der Waals surface area (Å²) >= 11 is 3.29. The molecule has 18 heavy (non-hydrogen) atoms. The van der Waals surface area contributed by atoms with Crippen molar-refractivity contribution in [2.75, 3.05) is 19.6 Å². The molecule has 1 aromatic carbocycles. The lowest BCUT2D eigenvalue weighted by molar-refractivity contribution is 0.310. The van der Waals surface area contributed by atoms with Gasteiger partial charge in [0, 0.05) is 30.1 Å². The number of sulfonamides is 1. The SMILES string of the molecule is C[C@H]1CN(S(=O)(=O)c2ccccc2Br)CCN1.Cl. The zero-order valence-electron chi connectivity index (χ0n) is 9.97. The number of piperazine rings is 1. The number of hydrogen-bond acceptors (Lipinski definition) is 3. The highest BCUT2D eigenvalue weighted by molar-refractivity contribution is 9.10. The van der Waals surface area contributed by atoms with Crippen molar-refractivity contribution >= 4 is 38.4 Å². The van der Waals surface area contributed by atoms with Gasteiger partial charge in [-0.05, 0) is 35.0 Å². The number of halogens is 2. The zero-order chi connectivity index (χ0) is 12.5. The summed E-state index contributed by atoms with van der Waals surface area (Å²) in [5.74, 6) is 0. The van der Waals surface area contributed by atoms with Crippen LogP contribution in [0.5, 0.6) is 0 Å². The molecular weight excluding hydrogens is 340 g/mol. The van der Waals surface area contributed by atoms with Crippen LogP contribution in [0.2, 0.25) is 0 Å². The molecule has 102 valence electrons. The average molecular weight is 356 g/mol. The minimum Gasteiger partial charge on any atom is -0.312 e. The molecule has 0 amide bonds. The Labute approximate surface area is 122 Å². The molecule has 7 heteroatoms. The summed E-state index contributed by atoms with van der Waals surface area (Å²) in [6, 6.07) is 7.12. The number of benzene rings is 1. The van der Waals surface area contributed by atoms with Crippen molar-refractivity contribution < 1.29 is 8.42 Å². The topological polar surface area (TPSA) is 49.4 Å². The molecule has 0 unspecified atom stereocenters. The van der Waals surface area contributed by atoms with Crippen LogP contribution in [-0.4, -0.2) is 38.4 Å². The van der Waals surface area contributed by atoms with Gasteiger partial charge >= 0.3 is 0 Å². The molecular formula is C11H16BrClN2O2S. The van der Waals surface area contributed by atoms with E-state index in [2.05, 4.69) is 21.2 Å². The van der Waals surface area contributed by atoms with Gasteiger partial charge in [0.15, 0.2) is 0 Å². The van der Waals surface area contributed by atoms with Crippen LogP contribution in [0, 0.1) is 0 Å². The minimum absolute atomic E-state index is 0. The molecule has 4 nitrogen and oxygen atoms in total. The largest absolute Gasteiger partial charge is 0.312 e. The summed E-state index contributed by atoms with van der Waals surface area (Å²) in [6.07, 6.45) is 0. The van der Waals surface area contributed by atoms with Crippen molar-refractivity contribution in [3.63, 3.8) is 0 Å². The third kappa shape index (κ3) is 3.24. The number of nitrogens with zero attached hydrogens (tertiary/aromatic N) is 1. The Balaban J connectivity index is 0.00000162. The van der Waals surface area contributed by atoms with E-state index in [1.807, 2.05) is 13.0 Å². The summed E-state index contributed by atoms with van der Waals surface area (Å²) in [4.78, 5) is 0.342. The van der Waals surface area contributed by atoms with Crippen LogP contribution >= 0.6 is 28.3 Å². The van der Waals surface area contributed by atoms with Crippen molar-refractivity contribution in [2.45, 2.75) is 17.9 Å². The second-order valence-corrected chi connectivity index (χ2v) is 6.91. The van der Waals surface area contributed by atoms with Crippen molar-refractivity contribution in [3.8, 4) is 0 Å². The van der Waals surface area contributed by atoms with E-state index in [-0.39, 0.29) is 18.4 Å². The van der Waals surface area contributed by atoms with Crippen molar-refractivity contribution in [1.29, 1.82) is 0 Å². The molecule has 1 aliphatic rings. The molecule has 1 fully saturated rings. The molecule has 1 aliphatic heterocycles. The van der Waals surface area contributed by atoms with Gasteiger partial charge in [-0.2, -0.15) is 4.31 Å². The first-order valence-electron chi connectivity index (χ1n) is 5.50. The number of nitrogens with one attached hydrogen (secondary N) is 1. The van der Waals surface area contributed by atoms with Crippen LogP contribution in [-0.2, 0) is 10.0 Å². The lowest BCUT2D eigenvalue weighted by Crippen LogP contribution is -2.51.